The largest absolute Gasteiger partial charge is 0.462 e. The average Bonchev–Trinajstić information content (AvgIpc) is 3.02. The first-order chi connectivity index (χ1) is 21.6. The summed E-state index contributed by atoms with van der Waals surface area (Å²) in [5.74, 6) is -0.602. The number of esters is 2. The van der Waals surface area contributed by atoms with Crippen molar-refractivity contribution in [1.82, 2.24) is 0 Å². The van der Waals surface area contributed by atoms with Crippen LogP contribution in [0.25, 0.3) is 0 Å². The van der Waals surface area contributed by atoms with Crippen molar-refractivity contribution in [3.63, 3.8) is 0 Å². The monoisotopic (exact) mass is 621 g/mol. The quantitative estimate of drug-likeness (QED) is 0.0440. The van der Waals surface area contributed by atoms with Gasteiger partial charge in [-0.15, -0.1) is 0 Å². The third kappa shape index (κ3) is 33.3. The number of hydrogen-bond donors (Lipinski definition) is 1. The van der Waals surface area contributed by atoms with E-state index >= 15 is 0 Å². The molecule has 0 saturated carbocycles. The summed E-state index contributed by atoms with van der Waals surface area (Å²) in [7, 11) is 0. The number of carbonyl (C=O) groups excluding carboxylic acids is 2. The number of rotatable bonds is 34. The molecule has 1 atom stereocenters. The van der Waals surface area contributed by atoms with E-state index in [0.29, 0.717) is 12.8 Å². The summed E-state index contributed by atoms with van der Waals surface area (Å²) >= 11 is 0. The van der Waals surface area contributed by atoms with E-state index < -0.39 is 6.10 Å². The first-order valence-corrected chi connectivity index (χ1v) is 18.9. The van der Waals surface area contributed by atoms with Crippen molar-refractivity contribution in [2.45, 2.75) is 200 Å². The van der Waals surface area contributed by atoms with Crippen LogP contribution in [0.2, 0.25) is 0 Å². The van der Waals surface area contributed by atoms with Crippen LogP contribution in [0.4, 0.5) is 0 Å². The lowest BCUT2D eigenvalue weighted by atomic mass is 10.1. The Kier molecular flexibility index (Phi) is 34.5. The fourth-order valence-electron chi connectivity index (χ4n) is 5.31. The molecular formula is C39H72O5. The van der Waals surface area contributed by atoms with Gasteiger partial charge in [-0.2, -0.15) is 0 Å². The van der Waals surface area contributed by atoms with Gasteiger partial charge >= 0.3 is 11.9 Å². The van der Waals surface area contributed by atoms with Crippen LogP contribution in [-0.2, 0) is 19.1 Å². The molecule has 0 bridgehead atoms. The number of carbonyl (C=O) groups is 2. The fourth-order valence-corrected chi connectivity index (χ4v) is 5.31. The van der Waals surface area contributed by atoms with Crippen LogP contribution in [0, 0.1) is 0 Å². The Morgan fingerprint density at radius 3 is 1.25 bits per heavy atom. The molecule has 0 aliphatic heterocycles. The predicted octanol–water partition coefficient (Wildman–Crippen LogP) is 11.5. The Balaban J connectivity index is 3.57. The second kappa shape index (κ2) is 35.9. The Labute approximate surface area is 273 Å². The van der Waals surface area contributed by atoms with E-state index in [2.05, 4.69) is 38.2 Å². The maximum Gasteiger partial charge on any atom is 0.306 e. The minimum absolute atomic E-state index is 0.0693. The third-order valence-electron chi connectivity index (χ3n) is 8.22. The summed E-state index contributed by atoms with van der Waals surface area (Å²) in [5, 5.41) is 9.53. The van der Waals surface area contributed by atoms with Crippen molar-refractivity contribution >= 4 is 11.9 Å². The van der Waals surface area contributed by atoms with E-state index in [-0.39, 0.29) is 25.2 Å². The SMILES string of the molecule is CCCCCCC=CCCCCCCCCCC(=O)OC(CO)COC(=O)CCCCCCCC=CCCCCCCCC. The summed E-state index contributed by atoms with van der Waals surface area (Å²) < 4.78 is 10.6. The van der Waals surface area contributed by atoms with Crippen molar-refractivity contribution in [2.24, 2.45) is 0 Å². The summed E-state index contributed by atoms with van der Waals surface area (Å²) in [6.07, 6.45) is 40.9. The van der Waals surface area contributed by atoms with Gasteiger partial charge in [-0.3, -0.25) is 9.59 Å². The van der Waals surface area contributed by atoms with Crippen molar-refractivity contribution in [1.29, 1.82) is 0 Å². The minimum atomic E-state index is -0.772. The predicted molar refractivity (Wildman–Crippen MR) is 187 cm³/mol. The second-order valence-electron chi connectivity index (χ2n) is 12.6. The standard InChI is InChI=1S/C39H72O5/c1-3-5-7-9-11-13-15-17-19-21-23-25-27-29-31-33-38(41)43-36-37(35-40)44-39(42)34-32-30-28-26-24-22-20-18-16-14-12-10-8-6-4-2/h14,16-17,19,37,40H,3-13,15,18,20-36H2,1-2H3. The molecule has 44 heavy (non-hydrogen) atoms. The first-order valence-electron chi connectivity index (χ1n) is 18.9. The van der Waals surface area contributed by atoms with Crippen LogP contribution < -0.4 is 0 Å². The average molecular weight is 621 g/mol. The normalized spacial score (nSPS) is 12.3. The van der Waals surface area contributed by atoms with Gasteiger partial charge < -0.3 is 14.6 Å². The molecule has 0 amide bonds. The molecule has 5 nitrogen and oxygen atoms in total. The zero-order valence-corrected chi connectivity index (χ0v) is 29.2. The van der Waals surface area contributed by atoms with E-state index in [4.69, 9.17) is 9.47 Å². The third-order valence-corrected chi connectivity index (χ3v) is 8.22. The van der Waals surface area contributed by atoms with E-state index in [1.54, 1.807) is 0 Å². The molecule has 0 saturated heterocycles. The first kappa shape index (κ1) is 42.4. The van der Waals surface area contributed by atoms with Gasteiger partial charge in [0.2, 0.25) is 0 Å². The highest BCUT2D eigenvalue weighted by molar-refractivity contribution is 5.70. The van der Waals surface area contributed by atoms with Gasteiger partial charge in [-0.25, -0.2) is 0 Å². The maximum atomic E-state index is 12.1. The van der Waals surface area contributed by atoms with Crippen LogP contribution in [0.5, 0.6) is 0 Å². The molecule has 0 rings (SSSR count). The van der Waals surface area contributed by atoms with Crippen LogP contribution >= 0.6 is 0 Å². The number of unbranched alkanes of at least 4 members (excludes halogenated alkanes) is 22. The van der Waals surface area contributed by atoms with Crippen LogP contribution in [-0.4, -0.2) is 36.4 Å². The van der Waals surface area contributed by atoms with Gasteiger partial charge in [-0.05, 0) is 64.2 Å². The zero-order valence-electron chi connectivity index (χ0n) is 29.2. The molecule has 0 heterocycles. The molecule has 0 aromatic rings. The summed E-state index contributed by atoms with van der Waals surface area (Å²) in [6, 6.07) is 0. The molecule has 0 aromatic heterocycles. The molecule has 258 valence electrons. The van der Waals surface area contributed by atoms with Gasteiger partial charge in [-0.1, -0.05) is 141 Å². The number of aliphatic hydroxyl groups is 1. The van der Waals surface area contributed by atoms with Crippen molar-refractivity contribution in [3.05, 3.63) is 24.3 Å². The minimum Gasteiger partial charge on any atom is -0.462 e. The molecule has 0 aliphatic rings. The maximum absolute atomic E-state index is 12.1. The molecule has 0 aliphatic carbocycles. The molecular weight excluding hydrogens is 548 g/mol. The Bertz CT molecular complexity index is 671. The number of hydrogen-bond acceptors (Lipinski definition) is 5. The molecule has 0 fully saturated rings. The molecule has 1 N–H and O–H groups in total. The summed E-state index contributed by atoms with van der Waals surface area (Å²) in [4.78, 5) is 24.2. The number of allylic oxidation sites excluding steroid dienone is 4. The molecule has 0 spiro atoms. The summed E-state index contributed by atoms with van der Waals surface area (Å²) in [6.45, 7) is 4.11. The number of ether oxygens (including phenoxy) is 2. The topological polar surface area (TPSA) is 72.8 Å². The van der Waals surface area contributed by atoms with Crippen molar-refractivity contribution < 1.29 is 24.2 Å². The van der Waals surface area contributed by atoms with Crippen molar-refractivity contribution in [2.75, 3.05) is 13.2 Å². The van der Waals surface area contributed by atoms with E-state index in [9.17, 15) is 14.7 Å². The van der Waals surface area contributed by atoms with Gasteiger partial charge in [0.15, 0.2) is 6.10 Å². The van der Waals surface area contributed by atoms with Crippen LogP contribution in [0.3, 0.4) is 0 Å². The van der Waals surface area contributed by atoms with Gasteiger partial charge in [0.05, 0.1) is 6.61 Å². The molecule has 0 radical (unpaired) electrons. The fraction of sp³-hybridized carbons (Fsp3) is 0.846. The Hall–Kier alpha value is -1.62. The van der Waals surface area contributed by atoms with E-state index in [1.165, 1.54) is 122 Å². The lowest BCUT2D eigenvalue weighted by Gasteiger charge is -2.15. The molecule has 0 aromatic carbocycles. The molecule has 5 heteroatoms. The smallest absolute Gasteiger partial charge is 0.306 e. The van der Waals surface area contributed by atoms with Gasteiger partial charge in [0.25, 0.3) is 0 Å². The van der Waals surface area contributed by atoms with E-state index in [1.807, 2.05) is 0 Å². The lowest BCUT2D eigenvalue weighted by molar-refractivity contribution is -0.161. The second-order valence-corrected chi connectivity index (χ2v) is 12.6. The Morgan fingerprint density at radius 2 is 0.841 bits per heavy atom. The van der Waals surface area contributed by atoms with Gasteiger partial charge in [0, 0.05) is 12.8 Å². The van der Waals surface area contributed by atoms with E-state index in [0.717, 1.165) is 44.9 Å². The highest BCUT2D eigenvalue weighted by Crippen LogP contribution is 2.13. The lowest BCUT2D eigenvalue weighted by Crippen LogP contribution is -2.28. The number of aliphatic hydroxyl groups excluding tert-OH is 1. The van der Waals surface area contributed by atoms with Crippen molar-refractivity contribution in [3.8, 4) is 0 Å². The highest BCUT2D eigenvalue weighted by atomic mass is 16.6. The highest BCUT2D eigenvalue weighted by Gasteiger charge is 2.16. The Morgan fingerprint density at radius 1 is 0.500 bits per heavy atom. The molecule has 1 unspecified atom stereocenters. The van der Waals surface area contributed by atoms with Gasteiger partial charge in [0.1, 0.15) is 6.61 Å². The van der Waals surface area contributed by atoms with Crippen LogP contribution in [0.15, 0.2) is 24.3 Å². The summed E-state index contributed by atoms with van der Waals surface area (Å²) in [5.41, 5.74) is 0. The zero-order chi connectivity index (χ0) is 32.2. The van der Waals surface area contributed by atoms with Crippen LogP contribution in [0.1, 0.15) is 194 Å².